The average Bonchev–Trinajstić information content (AvgIpc) is 2.80. The van der Waals surface area contributed by atoms with Gasteiger partial charge in [0.1, 0.15) is 5.15 Å². The SMILES string of the molecule is Clc1cc(SCc2ccccc2)cc2c(I)cnn12. The van der Waals surface area contributed by atoms with Gasteiger partial charge in [-0.1, -0.05) is 41.9 Å². The van der Waals surface area contributed by atoms with Crippen LogP contribution in [0.2, 0.25) is 5.15 Å². The number of nitrogens with zero attached hydrogens (tertiary/aromatic N) is 2. The molecule has 0 spiro atoms. The Labute approximate surface area is 134 Å². The fraction of sp³-hybridized carbons (Fsp3) is 0.0714. The zero-order valence-electron chi connectivity index (χ0n) is 9.88. The van der Waals surface area contributed by atoms with E-state index in [2.05, 4.69) is 58.0 Å². The van der Waals surface area contributed by atoms with Crippen molar-refractivity contribution in [3.8, 4) is 0 Å². The monoisotopic (exact) mass is 400 g/mol. The largest absolute Gasteiger partial charge is 0.221 e. The lowest BCUT2D eigenvalue weighted by Gasteiger charge is -2.05. The van der Waals surface area contributed by atoms with Crippen molar-refractivity contribution in [2.24, 2.45) is 0 Å². The van der Waals surface area contributed by atoms with Crippen molar-refractivity contribution in [2.45, 2.75) is 10.6 Å². The van der Waals surface area contributed by atoms with E-state index in [9.17, 15) is 0 Å². The minimum Gasteiger partial charge on any atom is -0.221 e. The summed E-state index contributed by atoms with van der Waals surface area (Å²) in [6.45, 7) is 0. The molecule has 96 valence electrons. The zero-order chi connectivity index (χ0) is 13.2. The maximum Gasteiger partial charge on any atom is 0.132 e. The van der Waals surface area contributed by atoms with Crippen LogP contribution in [0.4, 0.5) is 0 Å². The van der Waals surface area contributed by atoms with Crippen LogP contribution in [0, 0.1) is 3.57 Å². The second-order valence-electron chi connectivity index (χ2n) is 4.08. The van der Waals surface area contributed by atoms with Crippen molar-refractivity contribution in [3.05, 3.63) is 62.9 Å². The van der Waals surface area contributed by atoms with E-state index in [4.69, 9.17) is 11.6 Å². The Morgan fingerprint density at radius 2 is 2.00 bits per heavy atom. The summed E-state index contributed by atoms with van der Waals surface area (Å²) in [4.78, 5) is 1.17. The Hall–Kier alpha value is -0.720. The number of rotatable bonds is 3. The van der Waals surface area contributed by atoms with E-state index in [0.29, 0.717) is 5.15 Å². The molecule has 0 atom stereocenters. The highest BCUT2D eigenvalue weighted by Crippen LogP contribution is 2.28. The smallest absolute Gasteiger partial charge is 0.132 e. The molecule has 3 rings (SSSR count). The molecule has 0 bridgehead atoms. The van der Waals surface area contributed by atoms with Crippen LogP contribution in [-0.2, 0) is 5.75 Å². The van der Waals surface area contributed by atoms with Gasteiger partial charge in [0, 0.05) is 10.6 Å². The molecule has 0 saturated heterocycles. The van der Waals surface area contributed by atoms with Crippen LogP contribution in [0.15, 0.2) is 53.6 Å². The number of hydrogen-bond acceptors (Lipinski definition) is 2. The number of fused-ring (bicyclic) bond motifs is 1. The number of pyridine rings is 1. The third-order valence-corrected chi connectivity index (χ3v) is 4.90. The highest BCUT2D eigenvalue weighted by Gasteiger charge is 2.07. The van der Waals surface area contributed by atoms with Gasteiger partial charge in [0.25, 0.3) is 0 Å². The molecule has 0 aliphatic carbocycles. The van der Waals surface area contributed by atoms with E-state index in [1.165, 1.54) is 10.5 Å². The molecule has 0 fully saturated rings. The zero-order valence-corrected chi connectivity index (χ0v) is 13.6. The van der Waals surface area contributed by atoms with E-state index >= 15 is 0 Å². The number of hydrogen-bond donors (Lipinski definition) is 0. The molecule has 19 heavy (non-hydrogen) atoms. The molecule has 0 aliphatic rings. The van der Waals surface area contributed by atoms with Crippen LogP contribution >= 0.6 is 46.0 Å². The molecule has 0 N–H and O–H groups in total. The Morgan fingerprint density at radius 3 is 2.79 bits per heavy atom. The Kier molecular flexibility index (Phi) is 4.00. The Balaban J connectivity index is 1.87. The first-order valence-corrected chi connectivity index (χ1v) is 8.18. The third kappa shape index (κ3) is 2.90. The van der Waals surface area contributed by atoms with Crippen LogP contribution in [0.3, 0.4) is 0 Å². The predicted octanol–water partition coefficient (Wildman–Crippen LogP) is 4.88. The summed E-state index contributed by atoms with van der Waals surface area (Å²) >= 11 is 10.3. The maximum absolute atomic E-state index is 6.24. The maximum atomic E-state index is 6.24. The average molecular weight is 401 g/mol. The van der Waals surface area contributed by atoms with Gasteiger partial charge in [0.2, 0.25) is 0 Å². The van der Waals surface area contributed by atoms with Gasteiger partial charge in [0.05, 0.1) is 15.3 Å². The first-order valence-electron chi connectivity index (χ1n) is 5.73. The molecule has 3 aromatic rings. The number of halogens is 2. The molecule has 2 nitrogen and oxygen atoms in total. The fourth-order valence-electron chi connectivity index (χ4n) is 1.82. The molecule has 2 heterocycles. The third-order valence-electron chi connectivity index (χ3n) is 2.75. The molecule has 2 aromatic heterocycles. The van der Waals surface area contributed by atoms with Gasteiger partial charge in [-0.25, -0.2) is 4.52 Å². The molecular weight excluding hydrogens is 391 g/mol. The van der Waals surface area contributed by atoms with Crippen molar-refractivity contribution in [1.82, 2.24) is 9.61 Å². The lowest BCUT2D eigenvalue weighted by molar-refractivity contribution is 0.954. The van der Waals surface area contributed by atoms with Gasteiger partial charge in [-0.15, -0.1) is 11.8 Å². The Bertz CT molecular complexity index is 712. The van der Waals surface area contributed by atoms with Gasteiger partial charge in [0.15, 0.2) is 0 Å². The van der Waals surface area contributed by atoms with Crippen LogP contribution in [-0.4, -0.2) is 9.61 Å². The summed E-state index contributed by atoms with van der Waals surface area (Å²) in [6, 6.07) is 14.5. The van der Waals surface area contributed by atoms with Gasteiger partial charge in [-0.2, -0.15) is 5.10 Å². The summed E-state index contributed by atoms with van der Waals surface area (Å²) in [6.07, 6.45) is 1.83. The summed E-state index contributed by atoms with van der Waals surface area (Å²) in [5.74, 6) is 0.943. The molecule has 0 saturated carbocycles. The van der Waals surface area contributed by atoms with E-state index in [1.54, 1.807) is 16.3 Å². The molecule has 0 unspecified atom stereocenters. The quantitative estimate of drug-likeness (QED) is 0.354. The van der Waals surface area contributed by atoms with Gasteiger partial charge < -0.3 is 0 Å². The summed E-state index contributed by atoms with van der Waals surface area (Å²) in [7, 11) is 0. The van der Waals surface area contributed by atoms with Crippen molar-refractivity contribution < 1.29 is 0 Å². The number of benzene rings is 1. The summed E-state index contributed by atoms with van der Waals surface area (Å²) in [5.41, 5.74) is 2.37. The van der Waals surface area contributed by atoms with Crippen molar-refractivity contribution in [2.75, 3.05) is 0 Å². The minimum absolute atomic E-state index is 0.649. The van der Waals surface area contributed by atoms with Crippen LogP contribution < -0.4 is 0 Å². The fourth-order valence-corrected chi connectivity index (χ4v) is 3.56. The lowest BCUT2D eigenvalue weighted by atomic mass is 10.2. The number of thioether (sulfide) groups is 1. The molecule has 0 radical (unpaired) electrons. The molecular formula is C14H10ClIN2S. The second kappa shape index (κ2) is 5.73. The van der Waals surface area contributed by atoms with E-state index < -0.39 is 0 Å². The van der Waals surface area contributed by atoms with Gasteiger partial charge in [-0.3, -0.25) is 0 Å². The minimum atomic E-state index is 0.649. The normalized spacial score (nSPS) is 11.1. The molecule has 0 amide bonds. The summed E-state index contributed by atoms with van der Waals surface area (Å²) < 4.78 is 2.87. The van der Waals surface area contributed by atoms with Crippen LogP contribution in [0.25, 0.3) is 5.52 Å². The summed E-state index contributed by atoms with van der Waals surface area (Å²) in [5, 5.41) is 4.89. The second-order valence-corrected chi connectivity index (χ2v) is 6.68. The highest BCUT2D eigenvalue weighted by atomic mass is 127. The standard InChI is InChI=1S/C14H10ClIN2S/c15-14-7-11(6-13-12(16)8-17-18(13)14)19-9-10-4-2-1-3-5-10/h1-8H,9H2. The van der Waals surface area contributed by atoms with Gasteiger partial charge in [-0.05, 0) is 40.3 Å². The van der Waals surface area contributed by atoms with Crippen molar-refractivity contribution in [1.29, 1.82) is 0 Å². The van der Waals surface area contributed by atoms with Crippen molar-refractivity contribution in [3.63, 3.8) is 0 Å². The molecule has 0 aliphatic heterocycles. The van der Waals surface area contributed by atoms with Crippen LogP contribution in [0.1, 0.15) is 5.56 Å². The van der Waals surface area contributed by atoms with E-state index in [0.717, 1.165) is 14.8 Å². The Morgan fingerprint density at radius 1 is 1.21 bits per heavy atom. The topological polar surface area (TPSA) is 17.3 Å². The van der Waals surface area contributed by atoms with E-state index in [-0.39, 0.29) is 0 Å². The lowest BCUT2D eigenvalue weighted by Crippen LogP contribution is -1.90. The first kappa shape index (κ1) is 13.3. The predicted molar refractivity (Wildman–Crippen MR) is 88.9 cm³/mol. The van der Waals surface area contributed by atoms with Crippen molar-refractivity contribution >= 4 is 51.5 Å². The highest BCUT2D eigenvalue weighted by molar-refractivity contribution is 14.1. The molecule has 5 heteroatoms. The molecule has 1 aromatic carbocycles. The first-order chi connectivity index (χ1) is 9.24. The van der Waals surface area contributed by atoms with Gasteiger partial charge >= 0.3 is 0 Å². The van der Waals surface area contributed by atoms with E-state index in [1.807, 2.05) is 18.3 Å². The number of aromatic nitrogens is 2. The van der Waals surface area contributed by atoms with Crippen LogP contribution in [0.5, 0.6) is 0 Å².